The van der Waals surface area contributed by atoms with E-state index in [0.717, 1.165) is 19.3 Å². The molecule has 0 saturated heterocycles. The topological polar surface area (TPSA) is 17.1 Å². The third-order valence-corrected chi connectivity index (χ3v) is 7.72. The van der Waals surface area contributed by atoms with E-state index >= 15 is 0 Å². The first-order valence-electron chi connectivity index (χ1n) is 8.85. The number of hydrogen-bond acceptors (Lipinski definition) is 1. The fourth-order valence-electron chi connectivity index (χ4n) is 6.45. The number of fused-ring (bicyclic) bond motifs is 5. The maximum Gasteiger partial charge on any atom is 0.173 e. The Balaban J connectivity index is 1.71. The van der Waals surface area contributed by atoms with Crippen LogP contribution in [-0.2, 0) is 4.79 Å². The molecular formula is C19H27FO. The minimum absolute atomic E-state index is 0.0884. The number of hydrogen-bond donors (Lipinski definition) is 0. The van der Waals surface area contributed by atoms with Crippen molar-refractivity contribution in [1.29, 1.82) is 0 Å². The molecule has 4 rings (SSSR count). The molecule has 0 radical (unpaired) electrons. The summed E-state index contributed by atoms with van der Waals surface area (Å²) in [5, 5.41) is 0. The number of ketones is 1. The lowest BCUT2D eigenvalue weighted by Gasteiger charge is -2.56. The Kier molecular flexibility index (Phi) is 2.94. The van der Waals surface area contributed by atoms with Crippen LogP contribution in [0.1, 0.15) is 65.2 Å². The van der Waals surface area contributed by atoms with Crippen LogP contribution in [0, 0.1) is 28.6 Å². The summed E-state index contributed by atoms with van der Waals surface area (Å²) in [6, 6.07) is 0. The Labute approximate surface area is 127 Å². The van der Waals surface area contributed by atoms with Crippen LogP contribution in [0.25, 0.3) is 0 Å². The summed E-state index contributed by atoms with van der Waals surface area (Å²) in [5.74, 6) is 1.43. The molecule has 0 spiro atoms. The van der Waals surface area contributed by atoms with E-state index in [1.54, 1.807) is 5.57 Å². The summed E-state index contributed by atoms with van der Waals surface area (Å²) in [6.45, 7) is 4.51. The average Bonchev–Trinajstić information content (AvgIpc) is 2.70. The molecule has 0 heterocycles. The van der Waals surface area contributed by atoms with E-state index in [4.69, 9.17) is 0 Å². The van der Waals surface area contributed by atoms with E-state index in [1.807, 2.05) is 0 Å². The lowest BCUT2D eigenvalue weighted by atomic mass is 9.48. The number of alkyl halides is 1. The summed E-state index contributed by atoms with van der Waals surface area (Å²) < 4.78 is 14.1. The molecule has 0 aromatic heterocycles. The Morgan fingerprint density at radius 3 is 2.76 bits per heavy atom. The van der Waals surface area contributed by atoms with Gasteiger partial charge in [-0.3, -0.25) is 4.79 Å². The number of rotatable bonds is 0. The van der Waals surface area contributed by atoms with Crippen LogP contribution in [0.15, 0.2) is 11.6 Å². The van der Waals surface area contributed by atoms with Gasteiger partial charge in [0.05, 0.1) is 0 Å². The SMILES string of the molecule is C[C@]12CCCCC1=CC[C@@H]1[C@@H]2CC[C@]2(C)C(=O)[C@@H](F)C[C@@H]12. The Hall–Kier alpha value is -0.660. The zero-order valence-electron chi connectivity index (χ0n) is 13.3. The van der Waals surface area contributed by atoms with Crippen molar-refractivity contribution in [2.24, 2.45) is 28.6 Å². The van der Waals surface area contributed by atoms with Gasteiger partial charge >= 0.3 is 0 Å². The third kappa shape index (κ3) is 1.71. The predicted octanol–water partition coefficient (Wildman–Crippen LogP) is 4.86. The molecule has 0 amide bonds. The molecule has 4 aliphatic carbocycles. The minimum Gasteiger partial charge on any atom is -0.296 e. The summed E-state index contributed by atoms with van der Waals surface area (Å²) in [6.07, 6.45) is 10.2. The quantitative estimate of drug-likeness (QED) is 0.582. The smallest absolute Gasteiger partial charge is 0.173 e. The summed E-state index contributed by atoms with van der Waals surface area (Å²) >= 11 is 0. The lowest BCUT2D eigenvalue weighted by molar-refractivity contribution is -0.134. The van der Waals surface area contributed by atoms with E-state index in [9.17, 15) is 9.18 Å². The lowest BCUT2D eigenvalue weighted by Crippen LogP contribution is -2.49. The van der Waals surface area contributed by atoms with Gasteiger partial charge in [0.15, 0.2) is 12.0 Å². The molecule has 0 bridgehead atoms. The second-order valence-electron chi connectivity index (χ2n) is 8.49. The molecule has 3 fully saturated rings. The number of allylic oxidation sites excluding steroid dienone is 2. The monoisotopic (exact) mass is 290 g/mol. The average molecular weight is 290 g/mol. The van der Waals surface area contributed by atoms with E-state index in [1.165, 1.54) is 25.7 Å². The van der Waals surface area contributed by atoms with Crippen LogP contribution < -0.4 is 0 Å². The van der Waals surface area contributed by atoms with Gasteiger partial charge in [-0.2, -0.15) is 0 Å². The van der Waals surface area contributed by atoms with E-state index in [-0.39, 0.29) is 17.1 Å². The molecule has 3 saturated carbocycles. The van der Waals surface area contributed by atoms with E-state index in [2.05, 4.69) is 19.9 Å². The Morgan fingerprint density at radius 2 is 1.95 bits per heavy atom. The van der Waals surface area contributed by atoms with E-state index in [0.29, 0.717) is 23.7 Å². The van der Waals surface area contributed by atoms with Gasteiger partial charge in [-0.25, -0.2) is 4.39 Å². The minimum atomic E-state index is -1.19. The summed E-state index contributed by atoms with van der Waals surface area (Å²) in [7, 11) is 0. The fraction of sp³-hybridized carbons (Fsp3) is 0.842. The van der Waals surface area contributed by atoms with Gasteiger partial charge in [-0.15, -0.1) is 0 Å². The van der Waals surface area contributed by atoms with Crippen molar-refractivity contribution in [2.45, 2.75) is 71.4 Å². The highest BCUT2D eigenvalue weighted by Crippen LogP contribution is 2.64. The Morgan fingerprint density at radius 1 is 1.14 bits per heavy atom. The first kappa shape index (κ1) is 14.0. The molecular weight excluding hydrogens is 263 g/mol. The van der Waals surface area contributed by atoms with Crippen molar-refractivity contribution < 1.29 is 9.18 Å². The van der Waals surface area contributed by atoms with Crippen molar-refractivity contribution in [2.75, 3.05) is 0 Å². The highest BCUT2D eigenvalue weighted by molar-refractivity contribution is 5.91. The molecule has 0 N–H and O–H groups in total. The standard InChI is InChI=1S/C19H27FO/c1-18-9-4-3-5-12(18)6-7-13-14(18)8-10-19(2)15(13)11-16(20)17(19)21/h6,13-16H,3-5,7-11H2,1-2H3/t13-,14+,15+,16+,18+,19+/m1/s1. The van der Waals surface area contributed by atoms with Crippen LogP contribution in [0.3, 0.4) is 0 Å². The first-order chi connectivity index (χ1) is 9.97. The highest BCUT2D eigenvalue weighted by atomic mass is 19.1. The number of carbonyl (C=O) groups is 1. The second kappa shape index (κ2) is 4.43. The van der Waals surface area contributed by atoms with Crippen LogP contribution in [0.4, 0.5) is 4.39 Å². The number of Topliss-reactive ketones (excluding diaryl/α,β-unsaturated/α-hetero) is 1. The van der Waals surface area contributed by atoms with Crippen molar-refractivity contribution in [1.82, 2.24) is 0 Å². The van der Waals surface area contributed by atoms with Gasteiger partial charge < -0.3 is 0 Å². The molecule has 4 aliphatic rings. The van der Waals surface area contributed by atoms with Crippen molar-refractivity contribution in [3.63, 3.8) is 0 Å². The van der Waals surface area contributed by atoms with Gasteiger partial charge in [-0.05, 0) is 68.1 Å². The molecule has 0 aromatic rings. The van der Waals surface area contributed by atoms with Crippen molar-refractivity contribution in [3.8, 4) is 0 Å². The normalized spacial score (nSPS) is 52.7. The van der Waals surface area contributed by atoms with Crippen LogP contribution in [-0.4, -0.2) is 12.0 Å². The fourth-order valence-corrected chi connectivity index (χ4v) is 6.45. The highest BCUT2D eigenvalue weighted by Gasteiger charge is 2.61. The summed E-state index contributed by atoms with van der Waals surface area (Å²) in [4.78, 5) is 12.3. The van der Waals surface area contributed by atoms with Gasteiger partial charge in [-0.1, -0.05) is 31.9 Å². The van der Waals surface area contributed by atoms with Gasteiger partial charge in [0.1, 0.15) is 0 Å². The molecule has 0 aromatic carbocycles. The van der Waals surface area contributed by atoms with Gasteiger partial charge in [0, 0.05) is 5.41 Å². The number of carbonyl (C=O) groups excluding carboxylic acids is 1. The van der Waals surface area contributed by atoms with Crippen molar-refractivity contribution >= 4 is 5.78 Å². The predicted molar refractivity (Wildman–Crippen MR) is 81.6 cm³/mol. The zero-order chi connectivity index (χ0) is 14.8. The molecule has 0 aliphatic heterocycles. The van der Waals surface area contributed by atoms with E-state index < -0.39 is 6.17 Å². The van der Waals surface area contributed by atoms with Crippen LogP contribution >= 0.6 is 0 Å². The maximum atomic E-state index is 14.1. The van der Waals surface area contributed by atoms with Crippen LogP contribution in [0.2, 0.25) is 0 Å². The molecule has 1 nitrogen and oxygen atoms in total. The molecule has 2 heteroatoms. The van der Waals surface area contributed by atoms with Crippen LogP contribution in [0.5, 0.6) is 0 Å². The Bertz CT molecular complexity index is 510. The summed E-state index contributed by atoms with van der Waals surface area (Å²) in [5.41, 5.74) is 1.66. The molecule has 116 valence electrons. The van der Waals surface area contributed by atoms with Crippen molar-refractivity contribution in [3.05, 3.63) is 11.6 Å². The zero-order valence-corrected chi connectivity index (χ0v) is 13.3. The third-order valence-electron chi connectivity index (χ3n) is 7.72. The van der Waals surface area contributed by atoms with Gasteiger partial charge in [0.25, 0.3) is 0 Å². The van der Waals surface area contributed by atoms with Gasteiger partial charge in [0.2, 0.25) is 0 Å². The molecule has 21 heavy (non-hydrogen) atoms. The first-order valence-corrected chi connectivity index (χ1v) is 8.85. The second-order valence-corrected chi connectivity index (χ2v) is 8.49. The maximum absolute atomic E-state index is 14.1. The molecule has 6 atom stereocenters. The largest absolute Gasteiger partial charge is 0.296 e. The molecule has 0 unspecified atom stereocenters. The number of halogens is 1.